The van der Waals surface area contributed by atoms with Gasteiger partial charge in [-0.05, 0) is 48.0 Å². The number of nitrogens with one attached hydrogen (secondary N) is 1. The van der Waals surface area contributed by atoms with E-state index < -0.39 is 0 Å². The number of hydrogen-bond donors (Lipinski definition) is 1. The maximum atomic E-state index is 6.03. The predicted octanol–water partition coefficient (Wildman–Crippen LogP) is 3.12. The van der Waals surface area contributed by atoms with E-state index in [1.807, 2.05) is 31.3 Å². The Morgan fingerprint density at radius 1 is 1.19 bits per heavy atom. The highest BCUT2D eigenvalue weighted by molar-refractivity contribution is 6.30. The fraction of sp³-hybridized carbons (Fsp3) is 0.154. The molecule has 0 saturated carbocycles. The fourth-order valence-electron chi connectivity index (χ4n) is 1.69. The molecule has 0 atom stereocenters. The Morgan fingerprint density at radius 2 is 1.94 bits per heavy atom. The van der Waals surface area contributed by atoms with Crippen LogP contribution < -0.4 is 5.32 Å². The van der Waals surface area contributed by atoms with E-state index in [2.05, 4.69) is 16.4 Å². The topological polar surface area (TPSA) is 24.9 Å². The quantitative estimate of drug-likeness (QED) is 0.880. The first kappa shape index (κ1) is 11.1. The molecule has 1 heterocycles. The summed E-state index contributed by atoms with van der Waals surface area (Å²) >= 11 is 6.03. The Morgan fingerprint density at radius 3 is 2.62 bits per heavy atom. The molecule has 0 bridgehead atoms. The van der Waals surface area contributed by atoms with Crippen LogP contribution in [0.15, 0.2) is 42.7 Å². The van der Waals surface area contributed by atoms with Gasteiger partial charge >= 0.3 is 0 Å². The summed E-state index contributed by atoms with van der Waals surface area (Å²) < 4.78 is 0. The zero-order valence-electron chi connectivity index (χ0n) is 9.07. The number of aromatic nitrogens is 1. The molecule has 1 aromatic heterocycles. The Labute approximate surface area is 100 Å². The van der Waals surface area contributed by atoms with Crippen molar-refractivity contribution in [3.63, 3.8) is 0 Å². The van der Waals surface area contributed by atoms with Crippen molar-refractivity contribution in [2.75, 3.05) is 7.05 Å². The normalized spacial score (nSPS) is 10.4. The van der Waals surface area contributed by atoms with Gasteiger partial charge in [0, 0.05) is 24.0 Å². The zero-order valence-corrected chi connectivity index (χ0v) is 9.83. The Hall–Kier alpha value is -1.38. The standard InChI is InChI=1S/C13H13ClN2/c1-15-9-11-2-3-12(14)8-13(11)10-4-6-16-7-5-10/h2-8,15H,9H2,1H3. The van der Waals surface area contributed by atoms with Crippen LogP contribution >= 0.6 is 11.6 Å². The third-order valence-electron chi connectivity index (χ3n) is 2.43. The van der Waals surface area contributed by atoms with Gasteiger partial charge in [-0.1, -0.05) is 17.7 Å². The molecule has 0 unspecified atom stereocenters. The molecule has 0 amide bonds. The molecule has 0 aliphatic rings. The fourth-order valence-corrected chi connectivity index (χ4v) is 1.87. The van der Waals surface area contributed by atoms with E-state index in [1.165, 1.54) is 5.56 Å². The lowest BCUT2D eigenvalue weighted by atomic mass is 10.0. The molecule has 16 heavy (non-hydrogen) atoms. The number of benzene rings is 1. The number of rotatable bonds is 3. The molecular formula is C13H13ClN2. The second kappa shape index (κ2) is 5.10. The largest absolute Gasteiger partial charge is 0.316 e. The van der Waals surface area contributed by atoms with Crippen LogP contribution in [0.4, 0.5) is 0 Å². The van der Waals surface area contributed by atoms with E-state index in [0.29, 0.717) is 0 Å². The van der Waals surface area contributed by atoms with Gasteiger partial charge in [-0.15, -0.1) is 0 Å². The van der Waals surface area contributed by atoms with E-state index in [0.717, 1.165) is 22.7 Å². The highest BCUT2D eigenvalue weighted by atomic mass is 35.5. The second-order valence-corrected chi connectivity index (χ2v) is 4.00. The van der Waals surface area contributed by atoms with Crippen molar-refractivity contribution < 1.29 is 0 Å². The Bertz CT molecular complexity index is 469. The number of halogens is 1. The summed E-state index contributed by atoms with van der Waals surface area (Å²) in [7, 11) is 1.94. The van der Waals surface area contributed by atoms with Crippen LogP contribution in [0.1, 0.15) is 5.56 Å². The van der Waals surface area contributed by atoms with Crippen molar-refractivity contribution in [3.05, 3.63) is 53.3 Å². The molecule has 0 saturated heterocycles. The highest BCUT2D eigenvalue weighted by Crippen LogP contribution is 2.26. The number of pyridine rings is 1. The lowest BCUT2D eigenvalue weighted by molar-refractivity contribution is 0.819. The third kappa shape index (κ3) is 2.40. The number of hydrogen-bond acceptors (Lipinski definition) is 2. The maximum Gasteiger partial charge on any atom is 0.0412 e. The van der Waals surface area contributed by atoms with Crippen LogP contribution in [-0.4, -0.2) is 12.0 Å². The SMILES string of the molecule is CNCc1ccc(Cl)cc1-c1ccncc1. The van der Waals surface area contributed by atoms with Gasteiger partial charge in [0.05, 0.1) is 0 Å². The minimum atomic E-state index is 0.756. The van der Waals surface area contributed by atoms with Gasteiger partial charge in [0.1, 0.15) is 0 Å². The monoisotopic (exact) mass is 232 g/mol. The first-order valence-electron chi connectivity index (χ1n) is 5.14. The van der Waals surface area contributed by atoms with Crippen LogP contribution in [0, 0.1) is 0 Å². The van der Waals surface area contributed by atoms with Gasteiger partial charge < -0.3 is 5.32 Å². The molecule has 3 heteroatoms. The molecule has 82 valence electrons. The smallest absolute Gasteiger partial charge is 0.0412 e. The summed E-state index contributed by atoms with van der Waals surface area (Å²) in [6, 6.07) is 9.94. The minimum Gasteiger partial charge on any atom is -0.316 e. The number of nitrogens with zero attached hydrogens (tertiary/aromatic N) is 1. The molecule has 0 radical (unpaired) electrons. The Kier molecular flexibility index (Phi) is 3.54. The van der Waals surface area contributed by atoms with E-state index in [9.17, 15) is 0 Å². The van der Waals surface area contributed by atoms with Crippen LogP contribution in [0.25, 0.3) is 11.1 Å². The van der Waals surface area contributed by atoms with Crippen molar-refractivity contribution in [2.45, 2.75) is 6.54 Å². The van der Waals surface area contributed by atoms with Crippen LogP contribution in [0.2, 0.25) is 5.02 Å². The summed E-state index contributed by atoms with van der Waals surface area (Å²) in [5.74, 6) is 0. The van der Waals surface area contributed by atoms with Crippen molar-refractivity contribution in [2.24, 2.45) is 0 Å². The van der Waals surface area contributed by atoms with Gasteiger partial charge in [0.2, 0.25) is 0 Å². The van der Waals surface area contributed by atoms with Crippen molar-refractivity contribution >= 4 is 11.6 Å². The third-order valence-corrected chi connectivity index (χ3v) is 2.67. The summed E-state index contributed by atoms with van der Waals surface area (Å²) in [4.78, 5) is 4.02. The Balaban J connectivity index is 2.49. The lowest BCUT2D eigenvalue weighted by Gasteiger charge is -2.09. The van der Waals surface area contributed by atoms with Crippen LogP contribution in [0.3, 0.4) is 0 Å². The van der Waals surface area contributed by atoms with Crippen molar-refractivity contribution in [3.8, 4) is 11.1 Å². The average molecular weight is 233 g/mol. The van der Waals surface area contributed by atoms with E-state index in [-0.39, 0.29) is 0 Å². The molecular weight excluding hydrogens is 220 g/mol. The maximum absolute atomic E-state index is 6.03. The first-order valence-corrected chi connectivity index (χ1v) is 5.52. The molecule has 0 aliphatic heterocycles. The summed E-state index contributed by atoms with van der Waals surface area (Å²) in [5, 5.41) is 3.91. The molecule has 0 fully saturated rings. The molecule has 2 aromatic rings. The van der Waals surface area contributed by atoms with Crippen LogP contribution in [-0.2, 0) is 6.54 Å². The average Bonchev–Trinajstić information content (AvgIpc) is 2.33. The molecule has 2 rings (SSSR count). The zero-order chi connectivity index (χ0) is 11.4. The molecule has 0 aliphatic carbocycles. The van der Waals surface area contributed by atoms with E-state index in [4.69, 9.17) is 11.6 Å². The van der Waals surface area contributed by atoms with E-state index >= 15 is 0 Å². The summed E-state index contributed by atoms with van der Waals surface area (Å²) in [6.07, 6.45) is 3.58. The van der Waals surface area contributed by atoms with Gasteiger partial charge in [-0.2, -0.15) is 0 Å². The van der Waals surface area contributed by atoms with Crippen molar-refractivity contribution in [1.29, 1.82) is 0 Å². The van der Waals surface area contributed by atoms with E-state index in [1.54, 1.807) is 12.4 Å². The van der Waals surface area contributed by atoms with Gasteiger partial charge in [-0.3, -0.25) is 4.98 Å². The molecule has 2 nitrogen and oxygen atoms in total. The lowest BCUT2D eigenvalue weighted by Crippen LogP contribution is -2.06. The minimum absolute atomic E-state index is 0.756. The predicted molar refractivity (Wildman–Crippen MR) is 67.4 cm³/mol. The van der Waals surface area contributed by atoms with Gasteiger partial charge in [0.25, 0.3) is 0 Å². The van der Waals surface area contributed by atoms with Crippen LogP contribution in [0.5, 0.6) is 0 Å². The first-order chi connectivity index (χ1) is 7.81. The second-order valence-electron chi connectivity index (χ2n) is 3.57. The molecule has 1 aromatic carbocycles. The molecule has 1 N–H and O–H groups in total. The van der Waals surface area contributed by atoms with Gasteiger partial charge in [-0.25, -0.2) is 0 Å². The highest BCUT2D eigenvalue weighted by Gasteiger charge is 2.04. The van der Waals surface area contributed by atoms with Crippen molar-refractivity contribution in [1.82, 2.24) is 10.3 Å². The molecule has 0 spiro atoms. The summed E-state index contributed by atoms with van der Waals surface area (Å²) in [5.41, 5.74) is 3.53. The van der Waals surface area contributed by atoms with Gasteiger partial charge in [0.15, 0.2) is 0 Å². The summed E-state index contributed by atoms with van der Waals surface area (Å²) in [6.45, 7) is 0.828.